The van der Waals surface area contributed by atoms with Gasteiger partial charge in [0.2, 0.25) is 5.91 Å². The first-order valence-electron chi connectivity index (χ1n) is 11.2. The third-order valence-corrected chi connectivity index (χ3v) is 5.75. The van der Waals surface area contributed by atoms with Gasteiger partial charge in [0.15, 0.2) is 5.69 Å². The number of imidazole rings is 1. The topological polar surface area (TPSA) is 103 Å². The van der Waals surface area contributed by atoms with Crippen molar-refractivity contribution in [1.29, 1.82) is 0 Å². The number of nitrogens with one attached hydrogen (secondary N) is 1. The lowest BCUT2D eigenvalue weighted by molar-refractivity contribution is -0.126. The highest BCUT2D eigenvalue weighted by Crippen LogP contribution is 2.35. The first-order valence-corrected chi connectivity index (χ1v) is 11.2. The van der Waals surface area contributed by atoms with Crippen LogP contribution in [0.25, 0.3) is 0 Å². The summed E-state index contributed by atoms with van der Waals surface area (Å²) in [6.45, 7) is 8.74. The van der Waals surface area contributed by atoms with Crippen molar-refractivity contribution in [2.45, 2.75) is 58.7 Å². The molecular weight excluding hydrogens is 424 g/mol. The first-order chi connectivity index (χ1) is 15.7. The molecule has 9 nitrogen and oxygen atoms in total. The van der Waals surface area contributed by atoms with Crippen LogP contribution >= 0.6 is 0 Å². The average molecular weight is 457 g/mol. The molecule has 9 heteroatoms. The lowest BCUT2D eigenvalue weighted by Crippen LogP contribution is -2.64. The molecule has 1 aliphatic heterocycles. The molecule has 2 amide bonds. The molecule has 178 valence electrons. The molecule has 0 bridgehead atoms. The Labute approximate surface area is 194 Å². The van der Waals surface area contributed by atoms with E-state index in [1.54, 1.807) is 11.5 Å². The molecule has 33 heavy (non-hydrogen) atoms. The number of esters is 1. The van der Waals surface area contributed by atoms with Crippen LogP contribution in [-0.2, 0) is 27.2 Å². The molecule has 2 aromatic rings. The van der Waals surface area contributed by atoms with Crippen molar-refractivity contribution in [1.82, 2.24) is 14.9 Å². The van der Waals surface area contributed by atoms with Crippen molar-refractivity contribution in [3.63, 3.8) is 0 Å². The number of rotatable bonds is 9. The Balaban J connectivity index is 2.00. The number of hydrogen-bond acceptors (Lipinski definition) is 6. The molecule has 0 radical (unpaired) electrons. The maximum absolute atomic E-state index is 13.8. The molecule has 2 heterocycles. The number of benzene rings is 1. The summed E-state index contributed by atoms with van der Waals surface area (Å²) in [5.74, 6) is -1.45. The van der Waals surface area contributed by atoms with Crippen LogP contribution in [0.1, 0.15) is 60.7 Å². The minimum absolute atomic E-state index is 0.0604. The van der Waals surface area contributed by atoms with Crippen LogP contribution in [0.4, 0.5) is 5.69 Å². The average Bonchev–Trinajstić information content (AvgIpc) is 3.22. The molecule has 0 aliphatic carbocycles. The minimum Gasteiger partial charge on any atom is -0.464 e. The largest absolute Gasteiger partial charge is 0.464 e. The standard InChI is InChI=1S/C24H32N4O5/c1-6-17-10-7-8-11-18(17)28-21(29)20-19(22(30)32-5)26-15-27(20)14-24(28,4)23(31)25-12-9-13-33-16(2)3/h7-8,10-11,15-16H,6,9,12-14H2,1-5H3,(H,25,31)/t24-/m0/s1. The number of para-hydroxylation sites is 1. The molecule has 1 aliphatic rings. The maximum Gasteiger partial charge on any atom is 0.359 e. The lowest BCUT2D eigenvalue weighted by Gasteiger charge is -2.44. The van der Waals surface area contributed by atoms with E-state index in [1.807, 2.05) is 45.0 Å². The minimum atomic E-state index is -1.23. The van der Waals surface area contributed by atoms with Crippen LogP contribution < -0.4 is 10.2 Å². The maximum atomic E-state index is 13.8. The summed E-state index contributed by atoms with van der Waals surface area (Å²) in [5, 5.41) is 2.96. The summed E-state index contributed by atoms with van der Waals surface area (Å²) >= 11 is 0. The van der Waals surface area contributed by atoms with Crippen LogP contribution in [0.15, 0.2) is 30.6 Å². The lowest BCUT2D eigenvalue weighted by atomic mass is 9.92. The summed E-state index contributed by atoms with van der Waals surface area (Å²) in [7, 11) is 1.24. The molecule has 1 atom stereocenters. The Hall–Kier alpha value is -3.20. The highest BCUT2D eigenvalue weighted by atomic mass is 16.5. The van der Waals surface area contributed by atoms with Gasteiger partial charge in [-0.2, -0.15) is 0 Å². The summed E-state index contributed by atoms with van der Waals surface area (Å²) in [6, 6.07) is 7.48. The van der Waals surface area contributed by atoms with E-state index in [1.165, 1.54) is 18.3 Å². The molecule has 0 unspecified atom stereocenters. The molecule has 0 spiro atoms. The molecule has 1 aromatic carbocycles. The van der Waals surface area contributed by atoms with Gasteiger partial charge in [-0.15, -0.1) is 0 Å². The third kappa shape index (κ3) is 4.78. The fraction of sp³-hybridized carbons (Fsp3) is 0.500. The summed E-state index contributed by atoms with van der Waals surface area (Å²) < 4.78 is 11.9. The number of fused-ring (bicyclic) bond motifs is 1. The number of amides is 2. The Morgan fingerprint density at radius 1 is 1.27 bits per heavy atom. The zero-order valence-electron chi connectivity index (χ0n) is 19.9. The van der Waals surface area contributed by atoms with Crippen molar-refractivity contribution >= 4 is 23.5 Å². The van der Waals surface area contributed by atoms with Crippen molar-refractivity contribution in [3.05, 3.63) is 47.5 Å². The Morgan fingerprint density at radius 2 is 2.00 bits per heavy atom. The second kappa shape index (κ2) is 10.2. The number of nitrogens with zero attached hydrogens (tertiary/aromatic N) is 3. The van der Waals surface area contributed by atoms with Gasteiger partial charge in [0.1, 0.15) is 11.2 Å². The number of hydrogen-bond donors (Lipinski definition) is 1. The van der Waals surface area contributed by atoms with Gasteiger partial charge in [0.05, 0.1) is 26.1 Å². The van der Waals surface area contributed by atoms with Gasteiger partial charge < -0.3 is 19.4 Å². The van der Waals surface area contributed by atoms with E-state index >= 15 is 0 Å². The van der Waals surface area contributed by atoms with Crippen LogP contribution in [0, 0.1) is 0 Å². The van der Waals surface area contributed by atoms with Crippen LogP contribution in [0.3, 0.4) is 0 Å². The van der Waals surface area contributed by atoms with E-state index in [2.05, 4.69) is 10.3 Å². The zero-order chi connectivity index (χ0) is 24.2. The van der Waals surface area contributed by atoms with Gasteiger partial charge in [-0.3, -0.25) is 14.5 Å². The Morgan fingerprint density at radius 3 is 2.67 bits per heavy atom. The van der Waals surface area contributed by atoms with Gasteiger partial charge in [-0.25, -0.2) is 9.78 Å². The van der Waals surface area contributed by atoms with Crippen LogP contribution in [0.5, 0.6) is 0 Å². The molecule has 3 rings (SSSR count). The van der Waals surface area contributed by atoms with Gasteiger partial charge >= 0.3 is 5.97 Å². The highest BCUT2D eigenvalue weighted by Gasteiger charge is 2.50. The predicted molar refractivity (Wildman–Crippen MR) is 123 cm³/mol. The van der Waals surface area contributed by atoms with E-state index in [0.29, 0.717) is 31.7 Å². The van der Waals surface area contributed by atoms with Crippen molar-refractivity contribution < 1.29 is 23.9 Å². The number of ether oxygens (including phenoxy) is 2. The fourth-order valence-electron chi connectivity index (χ4n) is 4.06. The van der Waals surface area contributed by atoms with E-state index in [4.69, 9.17) is 9.47 Å². The van der Waals surface area contributed by atoms with Gasteiger partial charge in [0, 0.05) is 18.8 Å². The Kier molecular flexibility index (Phi) is 7.53. The molecule has 0 fully saturated rings. The van der Waals surface area contributed by atoms with E-state index in [0.717, 1.165) is 5.56 Å². The number of anilines is 1. The fourth-order valence-corrected chi connectivity index (χ4v) is 4.06. The smallest absolute Gasteiger partial charge is 0.359 e. The highest BCUT2D eigenvalue weighted by molar-refractivity contribution is 6.15. The normalized spacial score (nSPS) is 17.8. The second-order valence-electron chi connectivity index (χ2n) is 8.49. The number of aromatic nitrogens is 2. The first kappa shape index (κ1) is 24.4. The second-order valence-corrected chi connectivity index (χ2v) is 8.49. The number of carbonyl (C=O) groups excluding carboxylic acids is 3. The van der Waals surface area contributed by atoms with Crippen molar-refractivity contribution in [3.8, 4) is 0 Å². The van der Waals surface area contributed by atoms with E-state index in [9.17, 15) is 14.4 Å². The quantitative estimate of drug-likeness (QED) is 0.460. The van der Waals surface area contributed by atoms with E-state index < -0.39 is 17.4 Å². The summed E-state index contributed by atoms with van der Waals surface area (Å²) in [6.07, 6.45) is 2.86. The number of carbonyl (C=O) groups is 3. The van der Waals surface area contributed by atoms with E-state index in [-0.39, 0.29) is 29.9 Å². The molecule has 1 N–H and O–H groups in total. The summed E-state index contributed by atoms with van der Waals surface area (Å²) in [4.78, 5) is 45.1. The van der Waals surface area contributed by atoms with Gasteiger partial charge in [0.25, 0.3) is 5.91 Å². The third-order valence-electron chi connectivity index (χ3n) is 5.75. The number of aryl methyl sites for hydroxylation is 1. The zero-order valence-corrected chi connectivity index (χ0v) is 19.9. The number of methoxy groups -OCH3 is 1. The summed E-state index contributed by atoms with van der Waals surface area (Å²) in [5.41, 5.74) is 0.373. The molecule has 1 aromatic heterocycles. The van der Waals surface area contributed by atoms with Crippen LogP contribution in [-0.4, -0.2) is 59.2 Å². The molecule has 0 saturated carbocycles. The predicted octanol–water partition coefficient (Wildman–Crippen LogP) is 2.58. The van der Waals surface area contributed by atoms with Crippen molar-refractivity contribution in [2.75, 3.05) is 25.2 Å². The van der Waals surface area contributed by atoms with Crippen molar-refractivity contribution in [2.24, 2.45) is 0 Å². The van der Waals surface area contributed by atoms with Gasteiger partial charge in [-0.1, -0.05) is 25.1 Å². The SMILES string of the molecule is CCc1ccccc1N1C(=O)c2c(C(=O)OC)ncn2C[C@@]1(C)C(=O)NCCCOC(C)C. The van der Waals surface area contributed by atoms with Gasteiger partial charge in [-0.05, 0) is 45.2 Å². The molecule has 0 saturated heterocycles. The molecular formula is C24H32N4O5. The Bertz CT molecular complexity index is 1030. The van der Waals surface area contributed by atoms with Crippen LogP contribution in [0.2, 0.25) is 0 Å². The monoisotopic (exact) mass is 456 g/mol.